The molecule has 0 aromatic rings. The van der Waals surface area contributed by atoms with Gasteiger partial charge in [-0.1, -0.05) is 160 Å². The third-order valence-corrected chi connectivity index (χ3v) is 8.32. The van der Waals surface area contributed by atoms with E-state index in [1.165, 1.54) is 147 Å². The normalized spacial score (nSPS) is 12.7. The van der Waals surface area contributed by atoms with Gasteiger partial charge in [0.15, 0.2) is 0 Å². The standard InChI is InChI=1S/C34H67N.ClH/c1-6-9-12-15-18-21-28-34(29-22-19-16-13-10-7-2,30-23-20-17-14-11-8-3)33(5)26-24-25-32(4)27-31-35;/h26-27H,6-25,28-31,35H2,1-5H3;1H. The highest BCUT2D eigenvalue weighted by Crippen LogP contribution is 2.44. The van der Waals surface area contributed by atoms with Crippen LogP contribution in [0.1, 0.15) is 182 Å². The third kappa shape index (κ3) is 20.7. The van der Waals surface area contributed by atoms with Gasteiger partial charge >= 0.3 is 0 Å². The summed E-state index contributed by atoms with van der Waals surface area (Å²) in [7, 11) is 0. The lowest BCUT2D eigenvalue weighted by molar-refractivity contribution is 0.244. The fraction of sp³-hybridized carbons (Fsp3) is 0.882. The lowest BCUT2D eigenvalue weighted by Gasteiger charge is -2.36. The molecule has 0 heterocycles. The van der Waals surface area contributed by atoms with Gasteiger partial charge in [0.25, 0.3) is 0 Å². The Labute approximate surface area is 235 Å². The zero-order valence-corrected chi connectivity index (χ0v) is 26.4. The molecule has 0 radical (unpaired) electrons. The zero-order chi connectivity index (χ0) is 26.0. The highest BCUT2D eigenvalue weighted by molar-refractivity contribution is 5.85. The van der Waals surface area contributed by atoms with Crippen LogP contribution in [0.2, 0.25) is 0 Å². The monoisotopic (exact) mass is 526 g/mol. The van der Waals surface area contributed by atoms with Gasteiger partial charge in [0.05, 0.1) is 0 Å². The Balaban J connectivity index is 0. The van der Waals surface area contributed by atoms with Crippen molar-refractivity contribution in [3.05, 3.63) is 23.3 Å². The molecule has 2 N–H and O–H groups in total. The molecule has 0 aliphatic heterocycles. The summed E-state index contributed by atoms with van der Waals surface area (Å²) in [5.74, 6) is 0. The molecule has 0 saturated heterocycles. The number of hydrogen-bond acceptors (Lipinski definition) is 1. The average Bonchev–Trinajstić information content (AvgIpc) is 2.85. The molecule has 0 rings (SSSR count). The van der Waals surface area contributed by atoms with Gasteiger partial charge in [-0.25, -0.2) is 0 Å². The van der Waals surface area contributed by atoms with E-state index < -0.39 is 0 Å². The van der Waals surface area contributed by atoms with Crippen molar-refractivity contribution in [2.45, 2.75) is 182 Å². The highest BCUT2D eigenvalue weighted by Gasteiger charge is 2.30. The zero-order valence-electron chi connectivity index (χ0n) is 25.6. The van der Waals surface area contributed by atoms with Gasteiger partial charge in [0.1, 0.15) is 0 Å². The topological polar surface area (TPSA) is 26.0 Å². The first-order valence-electron chi connectivity index (χ1n) is 16.1. The van der Waals surface area contributed by atoms with E-state index in [2.05, 4.69) is 46.8 Å². The van der Waals surface area contributed by atoms with E-state index >= 15 is 0 Å². The van der Waals surface area contributed by atoms with E-state index in [4.69, 9.17) is 5.73 Å². The van der Waals surface area contributed by atoms with Crippen LogP contribution in [0.25, 0.3) is 0 Å². The minimum Gasteiger partial charge on any atom is -0.327 e. The van der Waals surface area contributed by atoms with Crippen molar-refractivity contribution in [3.8, 4) is 0 Å². The van der Waals surface area contributed by atoms with E-state index in [0.29, 0.717) is 12.0 Å². The second kappa shape index (κ2) is 27.8. The maximum Gasteiger partial charge on any atom is 0.0109 e. The number of unbranched alkanes of at least 4 members (excludes halogenated alkanes) is 15. The number of halogens is 1. The van der Waals surface area contributed by atoms with Gasteiger partial charge in [0.2, 0.25) is 0 Å². The molecule has 0 atom stereocenters. The lowest BCUT2D eigenvalue weighted by Crippen LogP contribution is -2.23. The van der Waals surface area contributed by atoms with Crippen LogP contribution in [-0.4, -0.2) is 6.54 Å². The fourth-order valence-electron chi connectivity index (χ4n) is 5.73. The first kappa shape index (κ1) is 37.9. The molecule has 0 saturated carbocycles. The molecule has 0 aliphatic rings. The fourth-order valence-corrected chi connectivity index (χ4v) is 5.73. The summed E-state index contributed by atoms with van der Waals surface area (Å²) in [6.07, 6.45) is 36.9. The number of allylic oxidation sites excluding steroid dienone is 3. The Morgan fingerprint density at radius 3 is 1.28 bits per heavy atom. The molecule has 216 valence electrons. The Hall–Kier alpha value is -0.270. The van der Waals surface area contributed by atoms with E-state index in [1.807, 2.05) is 0 Å². The van der Waals surface area contributed by atoms with Gasteiger partial charge in [-0.05, 0) is 51.4 Å². The van der Waals surface area contributed by atoms with Crippen molar-refractivity contribution in [2.75, 3.05) is 6.54 Å². The second-order valence-corrected chi connectivity index (χ2v) is 11.5. The van der Waals surface area contributed by atoms with Crippen LogP contribution < -0.4 is 5.73 Å². The molecule has 0 aliphatic carbocycles. The second-order valence-electron chi connectivity index (χ2n) is 11.5. The van der Waals surface area contributed by atoms with Crippen molar-refractivity contribution in [1.82, 2.24) is 0 Å². The van der Waals surface area contributed by atoms with Crippen LogP contribution in [0, 0.1) is 5.41 Å². The summed E-state index contributed by atoms with van der Waals surface area (Å²) in [6, 6.07) is 0. The van der Waals surface area contributed by atoms with Crippen LogP contribution in [0.5, 0.6) is 0 Å². The van der Waals surface area contributed by atoms with Crippen LogP contribution in [0.15, 0.2) is 23.3 Å². The first-order chi connectivity index (χ1) is 17.1. The molecule has 0 amide bonds. The molecule has 36 heavy (non-hydrogen) atoms. The lowest BCUT2D eigenvalue weighted by atomic mass is 9.69. The van der Waals surface area contributed by atoms with E-state index in [9.17, 15) is 0 Å². The maximum atomic E-state index is 5.73. The maximum absolute atomic E-state index is 5.73. The Morgan fingerprint density at radius 2 is 0.917 bits per heavy atom. The Morgan fingerprint density at radius 1 is 0.556 bits per heavy atom. The van der Waals surface area contributed by atoms with Gasteiger partial charge in [0, 0.05) is 6.54 Å². The van der Waals surface area contributed by atoms with Crippen LogP contribution in [0.3, 0.4) is 0 Å². The number of rotatable bonds is 26. The van der Waals surface area contributed by atoms with Crippen molar-refractivity contribution >= 4 is 12.4 Å². The summed E-state index contributed by atoms with van der Waals surface area (Å²) in [5, 5.41) is 0. The van der Waals surface area contributed by atoms with Crippen LogP contribution >= 0.6 is 12.4 Å². The molecule has 0 fully saturated rings. The van der Waals surface area contributed by atoms with Crippen LogP contribution in [0.4, 0.5) is 0 Å². The average molecular weight is 526 g/mol. The number of hydrogen-bond donors (Lipinski definition) is 1. The summed E-state index contributed by atoms with van der Waals surface area (Å²) in [4.78, 5) is 0. The van der Waals surface area contributed by atoms with Crippen LogP contribution in [-0.2, 0) is 0 Å². The molecule has 0 aromatic carbocycles. The van der Waals surface area contributed by atoms with Gasteiger partial charge in [-0.15, -0.1) is 12.4 Å². The Bertz CT molecular complexity index is 467. The van der Waals surface area contributed by atoms with Crippen molar-refractivity contribution in [2.24, 2.45) is 11.1 Å². The number of nitrogens with two attached hydrogens (primary N) is 1. The smallest absolute Gasteiger partial charge is 0.0109 e. The SMILES string of the molecule is CCCCCCCCC(CCCCCCCC)(CCCCCCCC)C(C)=CCCC(C)=CCN.Cl. The van der Waals surface area contributed by atoms with Crippen molar-refractivity contribution < 1.29 is 0 Å². The first-order valence-corrected chi connectivity index (χ1v) is 16.1. The quantitative estimate of drug-likeness (QED) is 0.0881. The highest BCUT2D eigenvalue weighted by atomic mass is 35.5. The predicted octanol–water partition coefficient (Wildman–Crippen LogP) is 12.3. The molecular formula is C34H68ClN. The Kier molecular flexibility index (Phi) is 29.2. The molecule has 0 spiro atoms. The van der Waals surface area contributed by atoms with Crippen molar-refractivity contribution in [1.29, 1.82) is 0 Å². The summed E-state index contributed by atoms with van der Waals surface area (Å²) in [5.41, 5.74) is 9.35. The van der Waals surface area contributed by atoms with E-state index in [-0.39, 0.29) is 12.4 Å². The van der Waals surface area contributed by atoms with Gasteiger partial charge < -0.3 is 5.73 Å². The van der Waals surface area contributed by atoms with Crippen molar-refractivity contribution in [3.63, 3.8) is 0 Å². The molecule has 1 nitrogen and oxygen atoms in total. The summed E-state index contributed by atoms with van der Waals surface area (Å²) in [6.45, 7) is 12.4. The predicted molar refractivity (Wildman–Crippen MR) is 169 cm³/mol. The van der Waals surface area contributed by atoms with E-state index in [1.54, 1.807) is 5.57 Å². The van der Waals surface area contributed by atoms with E-state index in [0.717, 1.165) is 6.42 Å². The summed E-state index contributed by atoms with van der Waals surface area (Å²) < 4.78 is 0. The molecule has 0 bridgehead atoms. The largest absolute Gasteiger partial charge is 0.327 e. The van der Waals surface area contributed by atoms with Gasteiger partial charge in [-0.2, -0.15) is 0 Å². The minimum atomic E-state index is 0. The molecule has 0 aromatic heterocycles. The summed E-state index contributed by atoms with van der Waals surface area (Å²) >= 11 is 0. The molecular weight excluding hydrogens is 458 g/mol. The minimum absolute atomic E-state index is 0. The molecule has 0 unspecified atom stereocenters. The van der Waals surface area contributed by atoms with Gasteiger partial charge in [-0.3, -0.25) is 0 Å². The molecule has 2 heteroatoms. The third-order valence-electron chi connectivity index (χ3n) is 8.32.